The Morgan fingerprint density at radius 3 is 2.06 bits per heavy atom. The number of carbonyl (C=O) groups is 5. The van der Waals surface area contributed by atoms with Crippen molar-refractivity contribution in [1.82, 2.24) is 40.3 Å². The fourth-order valence-electron chi connectivity index (χ4n) is 11.4. The molecule has 3 fully saturated rings. The molecule has 458 valence electrons. The highest BCUT2D eigenvalue weighted by atomic mass is 32.1. The van der Waals surface area contributed by atoms with Crippen LogP contribution in [0.2, 0.25) is 0 Å². The van der Waals surface area contributed by atoms with E-state index in [1.807, 2.05) is 93.1 Å². The third-order valence-corrected chi connectivity index (χ3v) is 17.9. The van der Waals surface area contributed by atoms with Crippen LogP contribution in [0.1, 0.15) is 120 Å². The number of aliphatic hydroxyl groups excluding tert-OH is 1. The number of thiazole rings is 1. The number of aryl methyl sites for hydroxylation is 1. The number of aliphatic hydroxyl groups is 1. The summed E-state index contributed by atoms with van der Waals surface area (Å²) in [7, 11) is 1.97. The molecule has 4 N–H and O–H groups in total. The van der Waals surface area contributed by atoms with E-state index in [1.165, 1.54) is 24.5 Å². The van der Waals surface area contributed by atoms with Crippen LogP contribution in [-0.2, 0) is 31.9 Å². The fraction of sp³-hybridized carbons (Fsp3) is 0.516. The Morgan fingerprint density at radius 2 is 1.45 bits per heavy atom. The van der Waals surface area contributed by atoms with Gasteiger partial charge < -0.3 is 40.6 Å². The van der Waals surface area contributed by atoms with Crippen LogP contribution < -0.4 is 25.8 Å². The summed E-state index contributed by atoms with van der Waals surface area (Å²) in [5.74, 6) is -3.08. The summed E-state index contributed by atoms with van der Waals surface area (Å²) in [6.45, 7) is 14.8. The number of β-amino-alcohol motifs (C(OH)–C–C–N with tert-alkyl or cyclic N) is 1. The van der Waals surface area contributed by atoms with Crippen LogP contribution in [0.4, 0.5) is 39.3 Å². The molecule has 0 bridgehead atoms. The molecule has 1 unspecified atom stereocenters. The van der Waals surface area contributed by atoms with Gasteiger partial charge in [-0.15, -0.1) is 11.3 Å². The van der Waals surface area contributed by atoms with Gasteiger partial charge in [0.15, 0.2) is 0 Å². The molecule has 4 amide bonds. The third-order valence-electron chi connectivity index (χ3n) is 16.9. The molecule has 23 heteroatoms. The topological polar surface area (TPSA) is 197 Å². The zero-order chi connectivity index (χ0) is 61.4. The van der Waals surface area contributed by atoms with Crippen molar-refractivity contribution in [3.05, 3.63) is 107 Å². The van der Waals surface area contributed by atoms with Gasteiger partial charge in [0, 0.05) is 107 Å². The lowest BCUT2D eigenvalue weighted by molar-refractivity contribution is -0.138. The Morgan fingerprint density at radius 1 is 0.800 bits per heavy atom. The van der Waals surface area contributed by atoms with Crippen LogP contribution in [0.3, 0.4) is 0 Å². The maximum atomic E-state index is 16.2. The lowest BCUT2D eigenvalue weighted by atomic mass is 9.73. The minimum atomic E-state index is -5.02. The molecule has 3 aliphatic heterocycles. The Hall–Kier alpha value is -6.95. The number of likely N-dealkylation sites (N-methyl/N-ethyl adjacent to an activating group) is 1. The number of halogens is 5. The standard InChI is InChI=1S/C62H78F5N11O6S/c1-39-33-77(34-40(2)74(39)7)52-29-50(64)48(28-51(52)72-57(83)47-21-20-45(63)26-49(47)62(65,66)67)44-31-69-59(70-32-44)76-24-22-75(23-25-76)55(82)15-13-11-9-8-10-12-14-54(81)73-61(37-79,60(4,5)6)36-78-35-46(80)27-53(78)58(84)68-30-42-16-18-43(19-17-42)56-41(3)71-38-85-56/h16-21,26,28-29,31-32,37-40,46,53,80H,8-15,22-25,27,30,33-36H2,1-7H3,(H,68,84)(H,72,83)(H,73,81)/t39-,40+,46-,53-,61?/m0/s1. The van der Waals surface area contributed by atoms with Crippen LogP contribution in [0.25, 0.3) is 21.6 Å². The van der Waals surface area contributed by atoms with E-state index in [1.54, 1.807) is 16.2 Å². The van der Waals surface area contributed by atoms with Gasteiger partial charge in [-0.1, -0.05) is 70.7 Å². The molecule has 5 atom stereocenters. The summed E-state index contributed by atoms with van der Waals surface area (Å²) in [4.78, 5) is 91.0. The highest BCUT2D eigenvalue weighted by Crippen LogP contribution is 2.39. The smallest absolute Gasteiger partial charge is 0.392 e. The van der Waals surface area contributed by atoms with E-state index in [-0.39, 0.29) is 84.3 Å². The van der Waals surface area contributed by atoms with Crippen molar-refractivity contribution in [2.45, 2.75) is 142 Å². The van der Waals surface area contributed by atoms with E-state index in [2.05, 4.69) is 35.8 Å². The number of anilines is 3. The van der Waals surface area contributed by atoms with E-state index in [4.69, 9.17) is 0 Å². The van der Waals surface area contributed by atoms with Crippen LogP contribution in [-0.4, -0.2) is 154 Å². The van der Waals surface area contributed by atoms with Crippen LogP contribution in [0.15, 0.2) is 72.5 Å². The van der Waals surface area contributed by atoms with Crippen molar-refractivity contribution in [2.24, 2.45) is 5.41 Å². The predicted octanol–water partition coefficient (Wildman–Crippen LogP) is 9.27. The first kappa shape index (κ1) is 64.1. The quantitative estimate of drug-likeness (QED) is 0.0291. The summed E-state index contributed by atoms with van der Waals surface area (Å²) < 4.78 is 72.2. The molecule has 8 rings (SSSR count). The van der Waals surface area contributed by atoms with E-state index >= 15 is 4.39 Å². The van der Waals surface area contributed by atoms with Crippen molar-refractivity contribution >= 4 is 58.6 Å². The second-order valence-electron chi connectivity index (χ2n) is 23.9. The Balaban J connectivity index is 0.766. The number of alkyl halides is 3. The summed E-state index contributed by atoms with van der Waals surface area (Å²) >= 11 is 1.57. The largest absolute Gasteiger partial charge is 0.417 e. The summed E-state index contributed by atoms with van der Waals surface area (Å²) in [5.41, 5.74) is 1.04. The monoisotopic (exact) mass is 1200 g/mol. The van der Waals surface area contributed by atoms with E-state index in [0.29, 0.717) is 71.0 Å². The van der Waals surface area contributed by atoms with Gasteiger partial charge in [-0.25, -0.2) is 23.7 Å². The van der Waals surface area contributed by atoms with Gasteiger partial charge in [-0.05, 0) is 94.0 Å². The Bertz CT molecular complexity index is 3140. The van der Waals surface area contributed by atoms with Gasteiger partial charge in [0.05, 0.1) is 50.7 Å². The number of piperazine rings is 2. The van der Waals surface area contributed by atoms with Crippen LogP contribution in [0.5, 0.6) is 0 Å². The van der Waals surface area contributed by atoms with E-state index < -0.39 is 57.9 Å². The lowest BCUT2D eigenvalue weighted by Gasteiger charge is -2.44. The molecule has 3 aromatic carbocycles. The summed E-state index contributed by atoms with van der Waals surface area (Å²) in [6.07, 6.45) is 3.33. The molecule has 17 nitrogen and oxygen atoms in total. The number of aldehydes is 1. The molecule has 3 aliphatic rings. The van der Waals surface area contributed by atoms with E-state index in [9.17, 15) is 46.6 Å². The zero-order valence-corrected chi connectivity index (χ0v) is 50.2. The highest BCUT2D eigenvalue weighted by molar-refractivity contribution is 7.13. The average molecular weight is 1200 g/mol. The molecule has 0 radical (unpaired) electrons. The van der Waals surface area contributed by atoms with Gasteiger partial charge in [0.1, 0.15) is 23.5 Å². The molecular weight excluding hydrogens is 1120 g/mol. The van der Waals surface area contributed by atoms with Crippen molar-refractivity contribution in [1.29, 1.82) is 0 Å². The SMILES string of the molecule is Cc1ncsc1-c1ccc(CNC(=O)[C@@H]2C[C@H](O)CN2CC(C=O)(NC(=O)CCCCCCCCC(=O)N2CCN(c3ncc(-c4cc(NC(=O)c5ccc(F)cc5C(F)(F)F)c(N5C[C@@H](C)N(C)[C@@H](C)C5)cc4F)cn3)CC2)C(C)(C)C)cc1. The molecule has 0 aliphatic carbocycles. The average Bonchev–Trinajstić information content (AvgIpc) is 4.19. The van der Waals surface area contributed by atoms with Crippen molar-refractivity contribution < 1.29 is 51.0 Å². The predicted molar refractivity (Wildman–Crippen MR) is 318 cm³/mol. The van der Waals surface area contributed by atoms with Gasteiger partial charge in [-0.3, -0.25) is 29.0 Å². The summed E-state index contributed by atoms with van der Waals surface area (Å²) in [6, 6.07) is 11.7. The number of hydrogen-bond acceptors (Lipinski definition) is 14. The first-order chi connectivity index (χ1) is 40.3. The van der Waals surface area contributed by atoms with Crippen molar-refractivity contribution in [3.8, 4) is 21.6 Å². The molecule has 0 spiro atoms. The summed E-state index contributed by atoms with van der Waals surface area (Å²) in [5, 5.41) is 19.3. The molecule has 85 heavy (non-hydrogen) atoms. The molecule has 5 aromatic rings. The number of nitrogens with zero attached hydrogens (tertiary/aromatic N) is 8. The number of carbonyl (C=O) groups excluding carboxylic acids is 5. The number of aromatic nitrogens is 3. The normalized spacial score (nSPS) is 19.6. The highest BCUT2D eigenvalue weighted by Gasteiger charge is 2.48. The van der Waals surface area contributed by atoms with Gasteiger partial charge in [0.25, 0.3) is 5.91 Å². The van der Waals surface area contributed by atoms with Crippen molar-refractivity contribution in [3.63, 3.8) is 0 Å². The van der Waals surface area contributed by atoms with Crippen molar-refractivity contribution in [2.75, 3.05) is 74.5 Å². The third kappa shape index (κ3) is 15.7. The molecule has 3 saturated heterocycles. The van der Waals surface area contributed by atoms with Crippen LogP contribution >= 0.6 is 11.3 Å². The molecule has 2 aromatic heterocycles. The second-order valence-corrected chi connectivity index (χ2v) is 24.8. The Kier molecular flexibility index (Phi) is 20.8. The lowest BCUT2D eigenvalue weighted by Crippen LogP contribution is -2.65. The Labute approximate surface area is 497 Å². The maximum absolute atomic E-state index is 16.2. The maximum Gasteiger partial charge on any atom is 0.417 e. The number of likely N-dealkylation sites (tertiary alicyclic amines) is 1. The number of unbranched alkanes of at least 4 members (excludes halogenated alkanes) is 5. The molecular formula is C62H78F5N11O6S. The number of nitrogens with one attached hydrogen (secondary N) is 3. The van der Waals surface area contributed by atoms with Gasteiger partial charge in [-0.2, -0.15) is 13.2 Å². The first-order valence-electron chi connectivity index (χ1n) is 29.1. The van der Waals surface area contributed by atoms with Gasteiger partial charge in [0.2, 0.25) is 23.7 Å². The zero-order valence-electron chi connectivity index (χ0n) is 49.4. The number of hydrogen-bond donors (Lipinski definition) is 4. The molecule has 0 saturated carbocycles. The van der Waals surface area contributed by atoms with E-state index in [0.717, 1.165) is 65.8 Å². The van der Waals surface area contributed by atoms with Gasteiger partial charge >= 0.3 is 6.18 Å². The number of benzene rings is 3. The minimum absolute atomic E-state index is 0.000605. The number of rotatable bonds is 22. The molecule has 5 heterocycles. The first-order valence-corrected chi connectivity index (χ1v) is 30.0. The van der Waals surface area contributed by atoms with Crippen LogP contribution in [0, 0.1) is 24.0 Å². The minimum Gasteiger partial charge on any atom is -0.392 e. The second kappa shape index (κ2) is 27.6. The number of amides is 4. The fourth-order valence-corrected chi connectivity index (χ4v) is 12.2.